The Hall–Kier alpha value is -9.24. The Bertz CT molecular complexity index is 6220. The Morgan fingerprint density at radius 2 is 0.603 bits per heavy atom. The molecule has 8 atom stereocenters. The van der Waals surface area contributed by atoms with Crippen molar-refractivity contribution in [3.8, 4) is 11.3 Å². The first kappa shape index (κ1) is 124. The number of hydrazine groups is 1. The number of hydrazone groups is 4. The number of benzene rings is 6. The van der Waals surface area contributed by atoms with E-state index < -0.39 is 131 Å². The number of nitrogens with one attached hydrogen (secondary N) is 3. The maximum atomic E-state index is 12.7. The molecule has 1 aromatic heterocycles. The van der Waals surface area contributed by atoms with E-state index in [0.717, 1.165) is 132 Å². The van der Waals surface area contributed by atoms with Crippen molar-refractivity contribution >= 4 is 109 Å². The molecule has 0 unspecified atom stereocenters. The quantitative estimate of drug-likeness (QED) is 0.0165. The number of fused-ring (bicyclic) bond motifs is 5. The third-order valence-electron chi connectivity index (χ3n) is 24.6. The Kier molecular flexibility index (Phi) is 42.1. The topological polar surface area (TPSA) is 445 Å². The first-order chi connectivity index (χ1) is 66.7. The van der Waals surface area contributed by atoms with E-state index in [1.54, 1.807) is 24.1 Å². The minimum Gasteiger partial charge on any atom is -0.813 e. The van der Waals surface area contributed by atoms with Gasteiger partial charge in [-0.2, -0.15) is 109 Å². The molecule has 5 fully saturated rings. The summed E-state index contributed by atoms with van der Waals surface area (Å²) >= 11 is 0. The molecule has 6 aromatic carbocycles. The third kappa shape index (κ3) is 32.9. The van der Waals surface area contributed by atoms with Gasteiger partial charge in [-0.15, -0.1) is 0 Å². The second-order valence-electron chi connectivity index (χ2n) is 34.4. The molecule has 17 rings (SSSR count). The summed E-state index contributed by atoms with van der Waals surface area (Å²) in [7, 11) is -14.6. The van der Waals surface area contributed by atoms with Crippen molar-refractivity contribution in [3.63, 3.8) is 0 Å². The smallest absolute Gasteiger partial charge is 0.416 e. The van der Waals surface area contributed by atoms with E-state index in [2.05, 4.69) is 58.9 Å². The Morgan fingerprint density at radius 3 is 0.884 bits per heavy atom. The zero-order valence-corrected chi connectivity index (χ0v) is 86.6. The number of piperidine rings is 5. The predicted molar refractivity (Wildman–Crippen MR) is 509 cm³/mol. The van der Waals surface area contributed by atoms with E-state index in [4.69, 9.17) is 0 Å². The van der Waals surface area contributed by atoms with Crippen LogP contribution in [0.1, 0.15) is 140 Å². The molecule has 0 saturated carbocycles. The van der Waals surface area contributed by atoms with Gasteiger partial charge in [0.2, 0.25) is 60.1 Å². The molecule has 10 aliphatic rings. The molecule has 59 heteroatoms. The van der Waals surface area contributed by atoms with Gasteiger partial charge in [0.05, 0.1) is 101 Å². The summed E-state index contributed by atoms with van der Waals surface area (Å²) in [5.74, 6) is 7.56. The van der Waals surface area contributed by atoms with Crippen molar-refractivity contribution in [3.05, 3.63) is 218 Å². The Labute approximate surface area is 851 Å². The molecule has 9 N–H and O–H groups in total. The van der Waals surface area contributed by atoms with Gasteiger partial charge in [0.25, 0.3) is 0 Å². The van der Waals surface area contributed by atoms with Crippen LogP contribution in [0.2, 0.25) is 0 Å². The summed E-state index contributed by atoms with van der Waals surface area (Å²) in [5, 5.41) is 27.8. The van der Waals surface area contributed by atoms with Crippen LogP contribution < -0.4 is 28.3 Å². The van der Waals surface area contributed by atoms with Gasteiger partial charge >= 0.3 is 37.1 Å². The molecule has 0 amide bonds. The fraction of sp³-hybridized carbons (Fsp3) is 0.483. The molecule has 0 aliphatic carbocycles. The van der Waals surface area contributed by atoms with Crippen molar-refractivity contribution < 1.29 is 158 Å². The minimum atomic E-state index is -4.39. The molecule has 0 bridgehead atoms. The first-order valence-electron chi connectivity index (χ1n) is 43.6. The number of nitrogens with zero attached hydrogens (tertiary/aromatic N) is 13. The monoisotopic (exact) mass is 2260 g/mol. The number of rotatable bonds is 12. The van der Waals surface area contributed by atoms with Crippen LogP contribution in [0.15, 0.2) is 166 Å². The predicted octanol–water partition coefficient (Wildman–Crippen LogP) is 11.3. The van der Waals surface area contributed by atoms with E-state index in [1.165, 1.54) is 112 Å². The number of hydrogen-bond acceptors (Lipinski definition) is 27. The molecule has 0 spiro atoms. The average molecular weight is 2260 g/mol. The van der Waals surface area contributed by atoms with E-state index in [0.29, 0.717) is 149 Å². The average Bonchev–Trinajstić information content (AvgIpc) is 1.61. The summed E-state index contributed by atoms with van der Waals surface area (Å²) in [6.45, 7) is 3.97. The van der Waals surface area contributed by atoms with Crippen LogP contribution in [0.4, 0.5) is 79.0 Å². The summed E-state index contributed by atoms with van der Waals surface area (Å²) in [6.07, 6.45) is -15.4. The molecule has 809 valence electrons. The number of carbonyl (C=O) groups is 2. The molecule has 33 nitrogen and oxygen atoms in total. The zero-order valence-electron chi connectivity index (χ0n) is 79.4. The fourth-order valence-corrected chi connectivity index (χ4v) is 22.3. The number of halogens is 18. The van der Waals surface area contributed by atoms with Gasteiger partial charge < -0.3 is 30.1 Å². The first-order valence-corrected chi connectivity index (χ1v) is 54.7. The second kappa shape index (κ2) is 49.7. The van der Waals surface area contributed by atoms with E-state index >= 15 is 0 Å². The zero-order chi connectivity index (χ0) is 108. The molecule has 11 heterocycles. The van der Waals surface area contributed by atoms with Gasteiger partial charge in [0.15, 0.2) is 0 Å². The standard InChI is InChI=1S/2C15H18F3N3O2S.2C14H16F3N3O2S.C14H14F3N3O2S.C8H5F3O.C6H11NO3S.CH5N.H4N2.H2S.V/c2*1-20-14(10-3-5-11(6-4-10)15(16,17)18)12-9-21(24(2,22)23)8-7-13(12)19-20;3*1-23(21,22)20-7-6-12-11(8-20)13(19-18-12)9-2-4-10(5-3-9)14(15,16)17;9-8(10,11)7-3-1-6(5-12)2-4-7;1-11(9,10)7-4-2-6(8)3-5-7;2*1-2;;/h2*3-6,12,14H,7-9H2,1-2H3;2*2-5,11,13,19H,6-8H2,1H3;2-5H,6-8H2,1H3,(H,18,19);1-5H;2-5H2,1H3;2H2,1H3;1-2H2;1H2;/p-1/t12-,14+;12-,14-;11-,13+;11-,13-;;;;;;;/m1111......./s1. The molecule has 1 radical (unpaired) electrons. The minimum absolute atomic E-state index is 0. The van der Waals surface area contributed by atoms with Gasteiger partial charge in [-0.1, -0.05) is 72.8 Å². The van der Waals surface area contributed by atoms with Crippen molar-refractivity contribution in [2.24, 2.45) is 61.5 Å². The van der Waals surface area contributed by atoms with Gasteiger partial charge in [0, 0.05) is 225 Å². The molecular formula is C87H108F18N19O14S7V-. The van der Waals surface area contributed by atoms with Gasteiger partial charge in [-0.05, 0) is 102 Å². The number of carbonyl (C=O) groups excluding carboxylic acids is 2. The molecular weight excluding hydrogens is 2150 g/mol. The molecule has 5 saturated heterocycles. The van der Waals surface area contributed by atoms with Gasteiger partial charge in [-0.25, -0.2) is 72.0 Å². The maximum Gasteiger partial charge on any atom is 0.416 e. The van der Waals surface area contributed by atoms with Crippen LogP contribution >= 0.6 is 0 Å². The number of H-pyrrole nitrogens is 1. The maximum absolute atomic E-state index is 12.7. The van der Waals surface area contributed by atoms with Gasteiger partial charge in [0.1, 0.15) is 12.1 Å². The Morgan fingerprint density at radius 1 is 0.349 bits per heavy atom. The largest absolute Gasteiger partial charge is 0.813 e. The van der Waals surface area contributed by atoms with Crippen molar-refractivity contribution in [1.82, 2.24) is 56.9 Å². The number of aromatic nitrogens is 2. The van der Waals surface area contributed by atoms with E-state index in [1.807, 2.05) is 0 Å². The number of aldehydes is 1. The van der Waals surface area contributed by atoms with E-state index in [9.17, 15) is 139 Å². The number of thiol groups is 1. The van der Waals surface area contributed by atoms with Crippen LogP contribution in [0.25, 0.3) is 11.3 Å². The number of hydrogen-bond donors (Lipinski definition) is 6. The number of ketones is 1. The number of nitrogens with two attached hydrogens (primary N) is 3. The summed E-state index contributed by atoms with van der Waals surface area (Å²) in [6, 6.07) is 27.4. The number of aromatic amines is 1. The molecule has 10 aliphatic heterocycles. The van der Waals surface area contributed by atoms with Crippen LogP contribution in [0.5, 0.6) is 0 Å². The number of Topliss-reactive ketones (excluding diaryl/α,β-unsaturated/α-hetero) is 1. The van der Waals surface area contributed by atoms with Crippen molar-refractivity contribution in [2.45, 2.75) is 113 Å². The summed E-state index contributed by atoms with van der Waals surface area (Å²) in [4.78, 5) is 20.8. The van der Waals surface area contributed by atoms with Crippen LogP contribution in [-0.2, 0) is 147 Å². The van der Waals surface area contributed by atoms with Crippen LogP contribution in [-0.4, -0.2) is 262 Å². The number of sulfonamides is 6. The van der Waals surface area contributed by atoms with Gasteiger partial charge in [-0.3, -0.25) is 36.4 Å². The third-order valence-corrected chi connectivity index (χ3v) is 32.3. The van der Waals surface area contributed by atoms with E-state index in [-0.39, 0.29) is 111 Å². The molecule has 146 heavy (non-hydrogen) atoms. The Balaban J connectivity index is 0.000000232. The summed E-state index contributed by atoms with van der Waals surface area (Å²) < 4.78 is 373. The van der Waals surface area contributed by atoms with Crippen molar-refractivity contribution in [2.75, 3.05) is 131 Å². The second-order valence-corrected chi connectivity index (χ2v) is 46.3. The van der Waals surface area contributed by atoms with Crippen LogP contribution in [0.3, 0.4) is 0 Å². The molecule has 7 aromatic rings. The fourth-order valence-electron chi connectivity index (χ4n) is 17.2. The SMILES string of the molecule is CN.CN1N=C2CCN(S(C)(=O)=O)C[C@H]2[C@@H]1c1ccc(C(F)(F)F)cc1.CN1N=C2CCN(S(C)(=O)=O)C[C@H]2[C@H]1c1ccc(C(F)(F)F)cc1.CS(=O)(=O)N1CCC(=O)CC1.CS(=O)(=O)N1CCC2=NN[C@@H](c3ccc(C(F)(F)F)cc3)[C@@H]2C1.CS(=O)(=O)N1CCC2=NN[C@H](c3ccc(C(F)(F)F)cc3)[C@@H]2C1.CS(=O)(=O)N1CCc2[nH]nc(-c3ccc(C(F)(F)F)cc3)c2C1.NN.O=Cc1ccc(C(F)(F)F)cc1.[SH-].[V]. The number of alkyl halides is 18. The van der Waals surface area contributed by atoms with Crippen molar-refractivity contribution in [1.29, 1.82) is 0 Å². The normalized spacial score (nSPS) is 21.7. The van der Waals surface area contributed by atoms with Crippen LogP contribution in [0, 0.1) is 23.7 Å². The summed E-state index contributed by atoms with van der Waals surface area (Å²) in [5.41, 5.74) is 15.1.